The standard InChI is InChI=1S/C24H28FN3O7S/c1-24(2,3)15-5-8-18(9-6-15)36(31,32)28-22-21(23(27-14-26-22)34-13-17(30)12-29)35-20-11-16(25)7-10-19(20)33-4/h5-11,14,17,29-30H,12-13H2,1-4H3,(H,26,27,28). The zero-order valence-electron chi connectivity index (χ0n) is 20.2. The van der Waals surface area contributed by atoms with Crippen LogP contribution in [0.3, 0.4) is 0 Å². The summed E-state index contributed by atoms with van der Waals surface area (Å²) in [5.41, 5.74) is 0.780. The van der Waals surface area contributed by atoms with Crippen LogP contribution in [0.4, 0.5) is 10.2 Å². The minimum absolute atomic E-state index is 0.0263. The van der Waals surface area contributed by atoms with E-state index in [0.29, 0.717) is 0 Å². The number of benzene rings is 2. The number of rotatable bonds is 10. The second kappa shape index (κ2) is 11.1. The first-order chi connectivity index (χ1) is 16.9. The first-order valence-electron chi connectivity index (χ1n) is 10.9. The lowest BCUT2D eigenvalue weighted by molar-refractivity contribution is 0.0513. The fourth-order valence-corrected chi connectivity index (χ4v) is 4.03. The molecular weight excluding hydrogens is 493 g/mol. The molecule has 10 nitrogen and oxygen atoms in total. The molecule has 12 heteroatoms. The molecule has 1 unspecified atom stereocenters. The predicted molar refractivity (Wildman–Crippen MR) is 130 cm³/mol. The highest BCUT2D eigenvalue weighted by molar-refractivity contribution is 7.92. The van der Waals surface area contributed by atoms with Gasteiger partial charge in [0, 0.05) is 6.07 Å². The Kier molecular flexibility index (Phi) is 8.33. The molecule has 0 spiro atoms. The van der Waals surface area contributed by atoms with Crippen molar-refractivity contribution < 1.29 is 37.2 Å². The maximum atomic E-state index is 13.9. The third kappa shape index (κ3) is 6.59. The Morgan fingerprint density at radius 2 is 1.78 bits per heavy atom. The Bertz CT molecular complexity index is 1300. The van der Waals surface area contributed by atoms with E-state index in [0.717, 1.165) is 24.0 Å². The van der Waals surface area contributed by atoms with Gasteiger partial charge in [-0.2, -0.15) is 4.98 Å². The Morgan fingerprint density at radius 1 is 1.08 bits per heavy atom. The van der Waals surface area contributed by atoms with Crippen molar-refractivity contribution in [1.82, 2.24) is 9.97 Å². The first kappa shape index (κ1) is 27.1. The van der Waals surface area contributed by atoms with Crippen molar-refractivity contribution in [3.8, 4) is 23.1 Å². The van der Waals surface area contributed by atoms with Crippen molar-refractivity contribution >= 4 is 15.8 Å². The van der Waals surface area contributed by atoms with Gasteiger partial charge >= 0.3 is 0 Å². The van der Waals surface area contributed by atoms with Gasteiger partial charge in [0.05, 0.1) is 18.6 Å². The Morgan fingerprint density at radius 3 is 2.39 bits per heavy atom. The molecule has 0 aliphatic heterocycles. The van der Waals surface area contributed by atoms with Gasteiger partial charge in [-0.3, -0.25) is 4.72 Å². The summed E-state index contributed by atoms with van der Waals surface area (Å²) in [6.45, 7) is 5.06. The van der Waals surface area contributed by atoms with Gasteiger partial charge < -0.3 is 24.4 Å². The third-order valence-corrected chi connectivity index (χ3v) is 6.35. The minimum atomic E-state index is -4.14. The average Bonchev–Trinajstić information content (AvgIpc) is 2.83. The van der Waals surface area contributed by atoms with Crippen LogP contribution in [-0.2, 0) is 15.4 Å². The zero-order chi connectivity index (χ0) is 26.5. The molecule has 3 aromatic rings. The normalized spacial score (nSPS) is 12.6. The van der Waals surface area contributed by atoms with E-state index in [4.69, 9.17) is 19.3 Å². The van der Waals surface area contributed by atoms with Crippen molar-refractivity contribution in [3.63, 3.8) is 0 Å². The fraction of sp³-hybridized carbons (Fsp3) is 0.333. The molecule has 1 heterocycles. The van der Waals surface area contributed by atoms with Gasteiger partial charge in [0.15, 0.2) is 17.3 Å². The number of halogens is 1. The number of nitrogens with one attached hydrogen (secondary N) is 1. The van der Waals surface area contributed by atoms with Crippen LogP contribution in [0.15, 0.2) is 53.7 Å². The molecular formula is C24H28FN3O7S. The molecule has 36 heavy (non-hydrogen) atoms. The van der Waals surface area contributed by atoms with Gasteiger partial charge in [0.1, 0.15) is 24.9 Å². The number of aromatic nitrogens is 2. The monoisotopic (exact) mass is 521 g/mol. The van der Waals surface area contributed by atoms with Gasteiger partial charge in [-0.25, -0.2) is 17.8 Å². The maximum Gasteiger partial charge on any atom is 0.263 e. The summed E-state index contributed by atoms with van der Waals surface area (Å²) in [6, 6.07) is 9.88. The van der Waals surface area contributed by atoms with Crippen LogP contribution >= 0.6 is 0 Å². The Hall–Kier alpha value is -3.48. The van der Waals surface area contributed by atoms with Gasteiger partial charge in [0.25, 0.3) is 15.9 Å². The number of anilines is 1. The summed E-state index contributed by atoms with van der Waals surface area (Å²) in [4.78, 5) is 7.89. The van der Waals surface area contributed by atoms with E-state index in [1.54, 1.807) is 12.1 Å². The molecule has 3 rings (SSSR count). The van der Waals surface area contributed by atoms with Crippen LogP contribution in [-0.4, -0.2) is 55.0 Å². The molecule has 3 N–H and O–H groups in total. The van der Waals surface area contributed by atoms with Gasteiger partial charge in [-0.05, 0) is 35.2 Å². The molecule has 1 atom stereocenters. The van der Waals surface area contributed by atoms with Crippen LogP contribution in [0.1, 0.15) is 26.3 Å². The largest absolute Gasteiger partial charge is 0.493 e. The lowest BCUT2D eigenvalue weighted by Crippen LogP contribution is -2.22. The van der Waals surface area contributed by atoms with E-state index in [2.05, 4.69) is 14.7 Å². The van der Waals surface area contributed by atoms with Gasteiger partial charge in [0.2, 0.25) is 5.75 Å². The zero-order valence-corrected chi connectivity index (χ0v) is 21.0. The number of ether oxygens (including phenoxy) is 3. The summed E-state index contributed by atoms with van der Waals surface area (Å²) in [7, 11) is -2.79. The Labute approximate surface area is 208 Å². The third-order valence-electron chi connectivity index (χ3n) is 4.99. The van der Waals surface area contributed by atoms with Crippen molar-refractivity contribution in [3.05, 3.63) is 60.2 Å². The Balaban J connectivity index is 2.02. The van der Waals surface area contributed by atoms with Crippen molar-refractivity contribution in [2.75, 3.05) is 25.0 Å². The van der Waals surface area contributed by atoms with Crippen LogP contribution < -0.4 is 18.9 Å². The summed E-state index contributed by atoms with van der Waals surface area (Å²) in [6.07, 6.45) is -0.213. The van der Waals surface area contributed by atoms with Gasteiger partial charge in [-0.15, -0.1) is 0 Å². The van der Waals surface area contributed by atoms with Crippen molar-refractivity contribution in [2.24, 2.45) is 0 Å². The molecule has 0 amide bonds. The van der Waals surface area contributed by atoms with Crippen LogP contribution in [0, 0.1) is 5.82 Å². The van der Waals surface area contributed by atoms with Gasteiger partial charge in [-0.1, -0.05) is 32.9 Å². The second-order valence-corrected chi connectivity index (χ2v) is 10.5. The SMILES string of the molecule is COc1ccc(F)cc1Oc1c(NS(=O)(=O)c2ccc(C(C)(C)C)cc2)ncnc1OCC(O)CO. The number of hydrogen-bond donors (Lipinski definition) is 3. The predicted octanol–water partition coefficient (Wildman–Crippen LogP) is 3.25. The molecule has 0 radical (unpaired) electrons. The summed E-state index contributed by atoms with van der Waals surface area (Å²) in [5, 5.41) is 18.7. The molecule has 0 saturated carbocycles. The quantitative estimate of drug-likeness (QED) is 0.367. The number of hydrogen-bond acceptors (Lipinski definition) is 9. The van der Waals surface area contributed by atoms with E-state index in [-0.39, 0.29) is 45.9 Å². The summed E-state index contributed by atoms with van der Waals surface area (Å²) in [5.74, 6) is -1.46. The lowest BCUT2D eigenvalue weighted by atomic mass is 9.87. The second-order valence-electron chi connectivity index (χ2n) is 8.78. The topological polar surface area (TPSA) is 140 Å². The van der Waals surface area contributed by atoms with Crippen LogP contribution in [0.2, 0.25) is 0 Å². The molecule has 1 aromatic heterocycles. The van der Waals surface area contributed by atoms with E-state index in [1.807, 2.05) is 20.8 Å². The average molecular weight is 522 g/mol. The maximum absolute atomic E-state index is 13.9. The molecule has 0 bridgehead atoms. The van der Waals surface area contributed by atoms with E-state index in [9.17, 15) is 17.9 Å². The molecule has 0 aliphatic rings. The minimum Gasteiger partial charge on any atom is -0.493 e. The van der Waals surface area contributed by atoms with Crippen LogP contribution in [0.5, 0.6) is 23.1 Å². The molecule has 0 aliphatic carbocycles. The van der Waals surface area contributed by atoms with Crippen molar-refractivity contribution in [1.29, 1.82) is 0 Å². The highest BCUT2D eigenvalue weighted by Gasteiger charge is 2.24. The van der Waals surface area contributed by atoms with Crippen LogP contribution in [0.25, 0.3) is 0 Å². The lowest BCUT2D eigenvalue weighted by Gasteiger charge is -2.19. The summed E-state index contributed by atoms with van der Waals surface area (Å²) >= 11 is 0. The number of aliphatic hydroxyl groups excluding tert-OH is 2. The van der Waals surface area contributed by atoms with Crippen molar-refractivity contribution in [2.45, 2.75) is 37.2 Å². The molecule has 194 valence electrons. The number of aliphatic hydroxyl groups is 2. The number of sulfonamides is 1. The first-order valence-corrected chi connectivity index (χ1v) is 12.3. The highest BCUT2D eigenvalue weighted by atomic mass is 32.2. The fourth-order valence-electron chi connectivity index (χ4n) is 3.01. The number of nitrogens with zero attached hydrogens (tertiary/aromatic N) is 2. The summed E-state index contributed by atoms with van der Waals surface area (Å²) < 4.78 is 58.9. The highest BCUT2D eigenvalue weighted by Crippen LogP contribution is 2.40. The molecule has 2 aromatic carbocycles. The molecule has 0 fully saturated rings. The van der Waals surface area contributed by atoms with E-state index in [1.165, 1.54) is 25.3 Å². The van der Waals surface area contributed by atoms with E-state index >= 15 is 0 Å². The number of methoxy groups -OCH3 is 1. The van der Waals surface area contributed by atoms with E-state index < -0.39 is 28.6 Å². The smallest absolute Gasteiger partial charge is 0.263 e. The molecule has 0 saturated heterocycles.